The van der Waals surface area contributed by atoms with Crippen LogP contribution in [0.15, 0.2) is 66.7 Å². The lowest BCUT2D eigenvalue weighted by Gasteiger charge is -2.18. The Balaban J connectivity index is 1.29. The lowest BCUT2D eigenvalue weighted by Crippen LogP contribution is -2.24. The molecule has 5 nitrogen and oxygen atoms in total. The van der Waals surface area contributed by atoms with Crippen LogP contribution in [0.5, 0.6) is 5.75 Å². The van der Waals surface area contributed by atoms with Crippen molar-refractivity contribution in [2.45, 2.75) is 58.9 Å². The lowest BCUT2D eigenvalue weighted by molar-refractivity contribution is -0.117. The maximum Gasteiger partial charge on any atom is 0.227 e. The zero-order valence-electron chi connectivity index (χ0n) is 21.5. The number of carbonyl (C=O) groups excluding carboxylic acids is 1. The number of aromatic nitrogens is 2. The second-order valence-electron chi connectivity index (χ2n) is 9.79. The third-order valence-corrected chi connectivity index (χ3v) is 7.42. The highest BCUT2D eigenvalue weighted by Crippen LogP contribution is 2.33. The molecule has 0 radical (unpaired) electrons. The Morgan fingerprint density at radius 3 is 2.58 bits per heavy atom. The number of aryl methyl sites for hydroxylation is 3. The van der Waals surface area contributed by atoms with Gasteiger partial charge < -0.3 is 14.2 Å². The predicted octanol–water partition coefficient (Wildman–Crippen LogP) is 6.60. The van der Waals surface area contributed by atoms with Gasteiger partial charge in [0.15, 0.2) is 0 Å². The summed E-state index contributed by atoms with van der Waals surface area (Å²) in [4.78, 5) is 19.9. The van der Waals surface area contributed by atoms with Gasteiger partial charge in [0, 0.05) is 31.1 Å². The smallest absolute Gasteiger partial charge is 0.227 e. The zero-order valence-corrected chi connectivity index (χ0v) is 21.5. The number of rotatable bonds is 9. The number of para-hydroxylation sites is 2. The van der Waals surface area contributed by atoms with Crippen LogP contribution in [0.25, 0.3) is 11.0 Å². The van der Waals surface area contributed by atoms with Gasteiger partial charge in [-0.3, -0.25) is 4.79 Å². The van der Waals surface area contributed by atoms with Crippen LogP contribution in [0.2, 0.25) is 0 Å². The number of ether oxygens (including phenoxy) is 1. The molecule has 5 heteroatoms. The molecular weight excluding hydrogens is 446 g/mol. The van der Waals surface area contributed by atoms with E-state index in [4.69, 9.17) is 9.72 Å². The first-order chi connectivity index (χ1) is 17.5. The third-order valence-electron chi connectivity index (χ3n) is 7.42. The molecule has 4 aromatic rings. The van der Waals surface area contributed by atoms with Crippen LogP contribution in [-0.4, -0.2) is 28.6 Å². The Morgan fingerprint density at radius 1 is 0.972 bits per heavy atom. The number of hydrogen-bond donors (Lipinski definition) is 0. The number of benzene rings is 3. The summed E-state index contributed by atoms with van der Waals surface area (Å²) in [6, 6.07) is 22.9. The normalized spacial score (nSPS) is 15.7. The summed E-state index contributed by atoms with van der Waals surface area (Å²) in [6.45, 7) is 8.59. The van der Waals surface area contributed by atoms with Crippen molar-refractivity contribution >= 4 is 22.6 Å². The first-order valence-electron chi connectivity index (χ1n) is 13.1. The van der Waals surface area contributed by atoms with Gasteiger partial charge in [0.05, 0.1) is 17.6 Å². The van der Waals surface area contributed by atoms with Crippen LogP contribution in [0.1, 0.15) is 54.6 Å². The van der Waals surface area contributed by atoms with Gasteiger partial charge in [0.25, 0.3) is 0 Å². The molecule has 0 bridgehead atoms. The molecule has 3 aromatic carbocycles. The minimum absolute atomic E-state index is 0.0851. The van der Waals surface area contributed by atoms with Crippen LogP contribution in [0, 0.1) is 13.8 Å². The standard InChI is InChI=1S/C31H35N3O2/c1-4-24-14-16-26(17-15-24)34-21-25(20-30(34)35)31-32-27-11-5-6-12-28(27)33(31)18-7-8-19-36-29-13-9-10-22(2)23(29)3/h5-6,9-17,25H,4,7-8,18-21H2,1-3H3. The number of carbonyl (C=O) groups is 1. The summed E-state index contributed by atoms with van der Waals surface area (Å²) >= 11 is 0. The van der Waals surface area contributed by atoms with E-state index >= 15 is 0 Å². The van der Waals surface area contributed by atoms with Crippen molar-refractivity contribution in [3.8, 4) is 5.75 Å². The average Bonchev–Trinajstić information content (AvgIpc) is 3.46. The van der Waals surface area contributed by atoms with E-state index in [0.717, 1.165) is 54.1 Å². The minimum atomic E-state index is 0.0851. The molecule has 1 atom stereocenters. The maximum absolute atomic E-state index is 13.0. The molecule has 1 amide bonds. The van der Waals surface area contributed by atoms with Gasteiger partial charge in [-0.15, -0.1) is 0 Å². The van der Waals surface area contributed by atoms with Gasteiger partial charge >= 0.3 is 0 Å². The summed E-state index contributed by atoms with van der Waals surface area (Å²) < 4.78 is 8.40. The van der Waals surface area contributed by atoms with Gasteiger partial charge in [-0.25, -0.2) is 4.98 Å². The van der Waals surface area contributed by atoms with Crippen LogP contribution in [-0.2, 0) is 17.8 Å². The van der Waals surface area contributed by atoms with Gasteiger partial charge in [-0.1, -0.05) is 43.3 Å². The van der Waals surface area contributed by atoms with Crippen molar-refractivity contribution in [1.82, 2.24) is 9.55 Å². The van der Waals surface area contributed by atoms with Gasteiger partial charge in [-0.2, -0.15) is 0 Å². The maximum atomic E-state index is 13.0. The molecule has 0 spiro atoms. The summed E-state index contributed by atoms with van der Waals surface area (Å²) in [7, 11) is 0. The first-order valence-corrected chi connectivity index (χ1v) is 13.1. The highest BCUT2D eigenvalue weighted by molar-refractivity contribution is 5.96. The van der Waals surface area contributed by atoms with Crippen molar-refractivity contribution in [2.24, 2.45) is 0 Å². The molecular formula is C31H35N3O2. The molecule has 1 fully saturated rings. The molecule has 0 saturated carbocycles. The molecule has 0 aliphatic carbocycles. The number of amides is 1. The summed E-state index contributed by atoms with van der Waals surface area (Å²) in [5.41, 5.74) is 6.86. The van der Waals surface area contributed by atoms with E-state index in [-0.39, 0.29) is 11.8 Å². The van der Waals surface area contributed by atoms with Crippen LogP contribution in [0.3, 0.4) is 0 Å². The second-order valence-corrected chi connectivity index (χ2v) is 9.79. The van der Waals surface area contributed by atoms with Crippen LogP contribution in [0.4, 0.5) is 5.69 Å². The van der Waals surface area contributed by atoms with E-state index in [9.17, 15) is 4.79 Å². The monoisotopic (exact) mass is 481 g/mol. The molecule has 1 saturated heterocycles. The molecule has 36 heavy (non-hydrogen) atoms. The summed E-state index contributed by atoms with van der Waals surface area (Å²) in [5.74, 6) is 2.25. The molecule has 0 N–H and O–H groups in total. The molecule has 1 aromatic heterocycles. The van der Waals surface area contributed by atoms with Gasteiger partial charge in [0.1, 0.15) is 11.6 Å². The highest BCUT2D eigenvalue weighted by Gasteiger charge is 2.34. The minimum Gasteiger partial charge on any atom is -0.493 e. The van der Waals surface area contributed by atoms with Crippen molar-refractivity contribution in [2.75, 3.05) is 18.1 Å². The summed E-state index contributed by atoms with van der Waals surface area (Å²) in [6.07, 6.45) is 3.44. The first kappa shape index (κ1) is 24.1. The topological polar surface area (TPSA) is 47.4 Å². The van der Waals surface area contributed by atoms with Crippen molar-refractivity contribution in [1.29, 1.82) is 0 Å². The zero-order chi connectivity index (χ0) is 25.1. The fraction of sp³-hybridized carbons (Fsp3) is 0.355. The number of nitrogens with zero attached hydrogens (tertiary/aromatic N) is 3. The highest BCUT2D eigenvalue weighted by atomic mass is 16.5. The number of fused-ring (bicyclic) bond motifs is 1. The second kappa shape index (κ2) is 10.6. The van der Waals surface area contributed by atoms with Gasteiger partial charge in [0.2, 0.25) is 5.91 Å². The van der Waals surface area contributed by atoms with E-state index in [1.54, 1.807) is 0 Å². The Labute approximate surface area is 213 Å². The van der Waals surface area contributed by atoms with Crippen LogP contribution >= 0.6 is 0 Å². The van der Waals surface area contributed by atoms with E-state index in [1.165, 1.54) is 16.7 Å². The van der Waals surface area contributed by atoms with Crippen molar-refractivity contribution < 1.29 is 9.53 Å². The fourth-order valence-corrected chi connectivity index (χ4v) is 5.12. The third kappa shape index (κ3) is 4.88. The van der Waals surface area contributed by atoms with Crippen LogP contribution < -0.4 is 9.64 Å². The molecule has 186 valence electrons. The SMILES string of the molecule is CCc1ccc(N2CC(c3nc4ccccc4n3CCCCOc3cccc(C)c3C)CC2=O)cc1. The number of hydrogen-bond acceptors (Lipinski definition) is 3. The van der Waals surface area contributed by atoms with E-state index < -0.39 is 0 Å². The Hall–Kier alpha value is -3.60. The fourth-order valence-electron chi connectivity index (χ4n) is 5.12. The predicted molar refractivity (Wildman–Crippen MR) is 146 cm³/mol. The molecule has 1 unspecified atom stereocenters. The molecule has 1 aliphatic rings. The summed E-state index contributed by atoms with van der Waals surface area (Å²) in [5, 5.41) is 0. The Bertz CT molecular complexity index is 1360. The molecule has 2 heterocycles. The molecule has 1 aliphatic heterocycles. The average molecular weight is 482 g/mol. The van der Waals surface area contributed by atoms with Crippen molar-refractivity contribution in [3.05, 3.63) is 89.2 Å². The lowest BCUT2D eigenvalue weighted by atomic mass is 10.1. The number of imidazole rings is 1. The largest absolute Gasteiger partial charge is 0.493 e. The van der Waals surface area contributed by atoms with Crippen molar-refractivity contribution in [3.63, 3.8) is 0 Å². The number of anilines is 1. The van der Waals surface area contributed by atoms with E-state index in [1.807, 2.05) is 23.1 Å². The molecule has 5 rings (SSSR count). The quantitative estimate of drug-likeness (QED) is 0.253. The van der Waals surface area contributed by atoms with E-state index in [0.29, 0.717) is 19.6 Å². The van der Waals surface area contributed by atoms with E-state index in [2.05, 4.69) is 73.9 Å². The number of unbranched alkanes of at least 4 members (excludes halogenated alkanes) is 1. The van der Waals surface area contributed by atoms with Gasteiger partial charge in [-0.05, 0) is 80.1 Å². The Kier molecular flexibility index (Phi) is 7.08. The Morgan fingerprint density at radius 2 is 1.78 bits per heavy atom.